The minimum Gasteiger partial charge on any atom is -0.492 e. The van der Waals surface area contributed by atoms with Crippen LogP contribution in [0.2, 0.25) is 0 Å². The van der Waals surface area contributed by atoms with Gasteiger partial charge in [-0.05, 0) is 33.2 Å². The molecule has 0 saturated carbocycles. The van der Waals surface area contributed by atoms with Gasteiger partial charge in [0.15, 0.2) is 0 Å². The second-order valence-electron chi connectivity index (χ2n) is 3.71. The van der Waals surface area contributed by atoms with Crippen LogP contribution in [-0.2, 0) is 0 Å². The lowest BCUT2D eigenvalue weighted by molar-refractivity contribution is 0.261. The summed E-state index contributed by atoms with van der Waals surface area (Å²) >= 11 is 0. The summed E-state index contributed by atoms with van der Waals surface area (Å²) in [6, 6.07) is 8.06. The summed E-state index contributed by atoms with van der Waals surface area (Å²) in [6.45, 7) is 4.68. The lowest BCUT2D eigenvalue weighted by Crippen LogP contribution is -2.19. The van der Waals surface area contributed by atoms with E-state index in [0.29, 0.717) is 0 Å². The highest BCUT2D eigenvalue weighted by molar-refractivity contribution is 5.47. The third-order valence-corrected chi connectivity index (χ3v) is 2.02. The highest BCUT2D eigenvalue weighted by atomic mass is 16.5. The molecule has 0 aromatic heterocycles. The first-order valence-corrected chi connectivity index (χ1v) is 5.34. The van der Waals surface area contributed by atoms with Crippen LogP contribution in [0.15, 0.2) is 24.3 Å². The molecule has 84 valence electrons. The Morgan fingerprint density at radius 1 is 1.33 bits per heavy atom. The van der Waals surface area contributed by atoms with Gasteiger partial charge in [-0.2, -0.15) is 0 Å². The van der Waals surface area contributed by atoms with E-state index >= 15 is 0 Å². The Bertz CT molecular complexity index is 287. The molecule has 0 aliphatic carbocycles. The number of nitrogens with zero attached hydrogens (tertiary/aromatic N) is 1. The number of hydrogen-bond donors (Lipinski definition) is 1. The van der Waals surface area contributed by atoms with E-state index in [4.69, 9.17) is 4.74 Å². The van der Waals surface area contributed by atoms with Crippen molar-refractivity contribution in [2.24, 2.45) is 0 Å². The number of likely N-dealkylation sites (N-methyl/N-ethyl adjacent to an activating group) is 1. The zero-order chi connectivity index (χ0) is 11.1. The average Bonchev–Trinajstić information content (AvgIpc) is 2.18. The van der Waals surface area contributed by atoms with E-state index in [0.717, 1.165) is 31.1 Å². The van der Waals surface area contributed by atoms with Gasteiger partial charge >= 0.3 is 0 Å². The molecule has 15 heavy (non-hydrogen) atoms. The van der Waals surface area contributed by atoms with E-state index in [9.17, 15) is 0 Å². The molecule has 0 saturated heterocycles. The van der Waals surface area contributed by atoms with E-state index in [1.165, 1.54) is 0 Å². The van der Waals surface area contributed by atoms with Gasteiger partial charge < -0.3 is 15.0 Å². The van der Waals surface area contributed by atoms with Gasteiger partial charge in [0.2, 0.25) is 0 Å². The summed E-state index contributed by atoms with van der Waals surface area (Å²) in [5.74, 6) is 0.926. The Labute approximate surface area is 92.0 Å². The number of hydrogen-bond acceptors (Lipinski definition) is 3. The van der Waals surface area contributed by atoms with Crippen LogP contribution in [0.5, 0.6) is 5.75 Å². The van der Waals surface area contributed by atoms with Crippen molar-refractivity contribution in [3.05, 3.63) is 24.3 Å². The molecule has 0 bridgehead atoms. The van der Waals surface area contributed by atoms with Crippen molar-refractivity contribution in [3.63, 3.8) is 0 Å². The quantitative estimate of drug-likeness (QED) is 0.774. The van der Waals surface area contributed by atoms with Crippen LogP contribution < -0.4 is 10.1 Å². The van der Waals surface area contributed by atoms with Crippen molar-refractivity contribution in [1.29, 1.82) is 0 Å². The van der Waals surface area contributed by atoms with Crippen LogP contribution in [-0.4, -0.2) is 38.7 Å². The van der Waals surface area contributed by atoms with Crippen LogP contribution in [0, 0.1) is 0 Å². The zero-order valence-electron chi connectivity index (χ0n) is 9.79. The number of anilines is 1. The molecule has 3 heteroatoms. The van der Waals surface area contributed by atoms with Crippen LogP contribution in [0.3, 0.4) is 0 Å². The summed E-state index contributed by atoms with van der Waals surface area (Å²) in [6.07, 6.45) is 0. The molecule has 0 spiro atoms. The molecular weight excluding hydrogens is 188 g/mol. The number of rotatable bonds is 6. The summed E-state index contributed by atoms with van der Waals surface area (Å²) in [5.41, 5.74) is 1.11. The molecular formula is C12H20N2O. The van der Waals surface area contributed by atoms with Gasteiger partial charge in [0, 0.05) is 24.8 Å². The van der Waals surface area contributed by atoms with Gasteiger partial charge in [-0.15, -0.1) is 0 Å². The maximum atomic E-state index is 5.62. The summed E-state index contributed by atoms with van der Waals surface area (Å²) in [4.78, 5) is 2.11. The highest BCUT2D eigenvalue weighted by Gasteiger charge is 1.96. The molecule has 1 aromatic carbocycles. The van der Waals surface area contributed by atoms with E-state index in [2.05, 4.69) is 17.1 Å². The van der Waals surface area contributed by atoms with Gasteiger partial charge in [0.25, 0.3) is 0 Å². The predicted molar refractivity (Wildman–Crippen MR) is 64.7 cm³/mol. The van der Waals surface area contributed by atoms with Crippen molar-refractivity contribution in [1.82, 2.24) is 4.90 Å². The Kier molecular flexibility index (Phi) is 4.98. The van der Waals surface area contributed by atoms with Crippen molar-refractivity contribution < 1.29 is 4.74 Å². The number of ether oxygens (including phenoxy) is 1. The van der Waals surface area contributed by atoms with Crippen molar-refractivity contribution in [2.75, 3.05) is 39.1 Å². The first-order chi connectivity index (χ1) is 7.22. The minimum atomic E-state index is 0.725. The van der Waals surface area contributed by atoms with Gasteiger partial charge in [0.1, 0.15) is 12.4 Å². The normalized spacial score (nSPS) is 10.4. The topological polar surface area (TPSA) is 24.5 Å². The third kappa shape index (κ3) is 4.70. The fourth-order valence-corrected chi connectivity index (χ4v) is 1.25. The first-order valence-electron chi connectivity index (χ1n) is 5.34. The van der Waals surface area contributed by atoms with E-state index in [1.807, 2.05) is 38.4 Å². The maximum absolute atomic E-state index is 5.62. The molecule has 1 N–H and O–H groups in total. The molecule has 0 unspecified atom stereocenters. The summed E-state index contributed by atoms with van der Waals surface area (Å²) in [5, 5.41) is 3.26. The fourth-order valence-electron chi connectivity index (χ4n) is 1.25. The summed E-state index contributed by atoms with van der Waals surface area (Å²) in [7, 11) is 4.08. The van der Waals surface area contributed by atoms with Gasteiger partial charge in [-0.3, -0.25) is 0 Å². The highest BCUT2D eigenvalue weighted by Crippen LogP contribution is 2.16. The average molecular weight is 208 g/mol. The second kappa shape index (κ2) is 6.30. The fraction of sp³-hybridized carbons (Fsp3) is 0.500. The smallest absolute Gasteiger partial charge is 0.121 e. The molecule has 0 fully saturated rings. The lowest BCUT2D eigenvalue weighted by Gasteiger charge is -2.11. The van der Waals surface area contributed by atoms with Gasteiger partial charge in [-0.1, -0.05) is 6.07 Å². The molecule has 0 aliphatic heterocycles. The number of benzene rings is 1. The molecule has 0 aliphatic rings. The van der Waals surface area contributed by atoms with Crippen molar-refractivity contribution in [2.45, 2.75) is 6.92 Å². The second-order valence-corrected chi connectivity index (χ2v) is 3.71. The Balaban J connectivity index is 2.43. The van der Waals surface area contributed by atoms with Crippen LogP contribution >= 0.6 is 0 Å². The Morgan fingerprint density at radius 3 is 2.80 bits per heavy atom. The zero-order valence-corrected chi connectivity index (χ0v) is 9.79. The van der Waals surface area contributed by atoms with Crippen LogP contribution in [0.4, 0.5) is 5.69 Å². The van der Waals surface area contributed by atoms with Crippen molar-refractivity contribution in [3.8, 4) is 5.75 Å². The summed E-state index contributed by atoms with van der Waals surface area (Å²) < 4.78 is 5.62. The Morgan fingerprint density at radius 2 is 2.13 bits per heavy atom. The predicted octanol–water partition coefficient (Wildman–Crippen LogP) is 2.06. The Hall–Kier alpha value is -1.22. The molecule has 0 atom stereocenters. The molecule has 0 radical (unpaired) electrons. The van der Waals surface area contributed by atoms with E-state index in [1.54, 1.807) is 0 Å². The first kappa shape index (κ1) is 11.9. The van der Waals surface area contributed by atoms with Gasteiger partial charge in [0.05, 0.1) is 0 Å². The van der Waals surface area contributed by atoms with E-state index in [-0.39, 0.29) is 0 Å². The monoisotopic (exact) mass is 208 g/mol. The SMILES string of the molecule is CCNc1cccc(OCCN(C)C)c1. The number of nitrogens with one attached hydrogen (secondary N) is 1. The molecule has 1 aromatic rings. The molecule has 3 nitrogen and oxygen atoms in total. The largest absolute Gasteiger partial charge is 0.492 e. The standard InChI is InChI=1S/C12H20N2O/c1-4-13-11-6-5-7-12(10-11)15-9-8-14(2)3/h5-7,10,13H,4,8-9H2,1-3H3. The van der Waals surface area contributed by atoms with E-state index < -0.39 is 0 Å². The lowest BCUT2D eigenvalue weighted by atomic mass is 10.3. The molecule has 0 heterocycles. The van der Waals surface area contributed by atoms with Crippen LogP contribution in [0.1, 0.15) is 6.92 Å². The third-order valence-electron chi connectivity index (χ3n) is 2.02. The maximum Gasteiger partial charge on any atom is 0.121 e. The molecule has 0 amide bonds. The van der Waals surface area contributed by atoms with Crippen molar-refractivity contribution >= 4 is 5.69 Å². The molecule has 1 rings (SSSR count). The van der Waals surface area contributed by atoms with Gasteiger partial charge in [-0.25, -0.2) is 0 Å². The minimum absolute atomic E-state index is 0.725. The van der Waals surface area contributed by atoms with Crippen LogP contribution in [0.25, 0.3) is 0 Å².